The quantitative estimate of drug-likeness (QED) is 0.700. The van der Waals surface area contributed by atoms with Gasteiger partial charge in [0.15, 0.2) is 0 Å². The van der Waals surface area contributed by atoms with Gasteiger partial charge in [0.2, 0.25) is 0 Å². The predicted octanol–water partition coefficient (Wildman–Crippen LogP) is 2.52. The van der Waals surface area contributed by atoms with E-state index in [0.29, 0.717) is 5.92 Å². The minimum absolute atomic E-state index is 0. The molecule has 0 saturated carbocycles. The zero-order chi connectivity index (χ0) is 14.4. The fourth-order valence-corrected chi connectivity index (χ4v) is 1.92. The van der Waals surface area contributed by atoms with E-state index in [1.54, 1.807) is 13.8 Å². The van der Waals surface area contributed by atoms with Crippen LogP contribution in [0.3, 0.4) is 0 Å². The van der Waals surface area contributed by atoms with Crippen molar-refractivity contribution in [2.24, 2.45) is 11.3 Å². The minimum Gasteiger partial charge on any atom is -0.397 e. The van der Waals surface area contributed by atoms with E-state index in [0.717, 1.165) is 12.8 Å². The molecule has 0 spiro atoms. The molecule has 1 aliphatic carbocycles. The summed E-state index contributed by atoms with van der Waals surface area (Å²) >= 11 is 0. The third-order valence-electron chi connectivity index (χ3n) is 2.33. The molecule has 0 unspecified atom stereocenters. The zero-order valence-electron chi connectivity index (χ0n) is 12.8. The first kappa shape index (κ1) is 24.1. The van der Waals surface area contributed by atoms with Gasteiger partial charge in [-0.3, -0.25) is 0 Å². The van der Waals surface area contributed by atoms with Gasteiger partial charge in [0, 0.05) is 47.0 Å². The van der Waals surface area contributed by atoms with E-state index in [2.05, 4.69) is 38.2 Å². The molecule has 1 aliphatic rings. The fourth-order valence-electron chi connectivity index (χ4n) is 1.92. The summed E-state index contributed by atoms with van der Waals surface area (Å²) in [7, 11) is 0. The molecule has 0 fully saturated rings. The Morgan fingerprint density at radius 1 is 0.947 bits per heavy atom. The van der Waals surface area contributed by atoms with Crippen molar-refractivity contribution in [2.75, 3.05) is 19.8 Å². The van der Waals surface area contributed by atoms with Crippen LogP contribution >= 0.6 is 0 Å². The van der Waals surface area contributed by atoms with Crippen LogP contribution in [-0.2, 0) is 21.7 Å². The van der Waals surface area contributed by atoms with Gasteiger partial charge in [-0.05, 0) is 32.6 Å². The van der Waals surface area contributed by atoms with Crippen LogP contribution in [0.1, 0.15) is 40.5 Å². The Labute approximate surface area is 133 Å². The van der Waals surface area contributed by atoms with Gasteiger partial charge >= 0.3 is 0 Å². The second-order valence-electron chi connectivity index (χ2n) is 4.66. The van der Waals surface area contributed by atoms with Gasteiger partial charge in [-0.25, -0.2) is 0 Å². The van der Waals surface area contributed by atoms with Gasteiger partial charge in [0.1, 0.15) is 0 Å². The van der Waals surface area contributed by atoms with Gasteiger partial charge in [0.25, 0.3) is 0 Å². The smallest absolute Gasteiger partial charge is 0.0442 e. The maximum absolute atomic E-state index is 8.94. The predicted molar refractivity (Wildman–Crippen MR) is 77.4 cm³/mol. The van der Waals surface area contributed by atoms with E-state index in [1.807, 2.05) is 0 Å². The SMILES string of the molecule is CC(C)CC1(CCO)C=CC=C1.CCO.CCO.[Ti]. The summed E-state index contributed by atoms with van der Waals surface area (Å²) < 4.78 is 0. The first-order chi connectivity index (χ1) is 8.51. The molecule has 3 nitrogen and oxygen atoms in total. The van der Waals surface area contributed by atoms with Crippen molar-refractivity contribution in [3.63, 3.8) is 0 Å². The Kier molecular flexibility index (Phi) is 20.5. The van der Waals surface area contributed by atoms with Gasteiger partial charge in [-0.15, -0.1) is 0 Å². The number of allylic oxidation sites excluding steroid dienone is 4. The molecule has 4 heteroatoms. The number of hydrogen-bond acceptors (Lipinski definition) is 3. The Bertz CT molecular complexity index is 211. The first-order valence-corrected chi connectivity index (χ1v) is 6.71. The fraction of sp³-hybridized carbons (Fsp3) is 0.733. The van der Waals surface area contributed by atoms with Crippen LogP contribution < -0.4 is 0 Å². The van der Waals surface area contributed by atoms with Crippen LogP contribution in [0.25, 0.3) is 0 Å². The number of hydrogen-bond donors (Lipinski definition) is 3. The number of aliphatic hydroxyl groups is 3. The molecule has 0 atom stereocenters. The Balaban J connectivity index is -0.000000314. The molecule has 3 N–H and O–H groups in total. The topological polar surface area (TPSA) is 60.7 Å². The zero-order valence-corrected chi connectivity index (χ0v) is 14.3. The van der Waals surface area contributed by atoms with Crippen molar-refractivity contribution >= 4 is 0 Å². The molecule has 1 rings (SSSR count). The maximum atomic E-state index is 8.94. The van der Waals surface area contributed by atoms with Crippen LogP contribution in [0.15, 0.2) is 24.3 Å². The van der Waals surface area contributed by atoms with E-state index in [-0.39, 0.29) is 47.0 Å². The second-order valence-corrected chi connectivity index (χ2v) is 4.66. The standard InChI is InChI=1S/C11H18O.2C2H6O.Ti/c1-10(2)9-11(7-8-12)5-3-4-6-11;2*1-2-3;/h3-6,10,12H,7-9H2,1-2H3;2*3H,2H2,1H3;. The molecule has 0 aliphatic heterocycles. The average molecular weight is 306 g/mol. The van der Waals surface area contributed by atoms with E-state index >= 15 is 0 Å². The molecular formula is C15H30O3Ti. The summed E-state index contributed by atoms with van der Waals surface area (Å²) in [5.41, 5.74) is 0.156. The summed E-state index contributed by atoms with van der Waals surface area (Å²) in [6.07, 6.45) is 10.6. The number of aliphatic hydroxyl groups excluding tert-OH is 3. The summed E-state index contributed by atoms with van der Waals surface area (Å²) in [4.78, 5) is 0. The van der Waals surface area contributed by atoms with Gasteiger partial charge in [-0.1, -0.05) is 38.2 Å². The Morgan fingerprint density at radius 2 is 1.32 bits per heavy atom. The van der Waals surface area contributed by atoms with Gasteiger partial charge in [-0.2, -0.15) is 0 Å². The molecule has 0 radical (unpaired) electrons. The van der Waals surface area contributed by atoms with Crippen molar-refractivity contribution in [2.45, 2.75) is 40.5 Å². The van der Waals surface area contributed by atoms with E-state index in [1.165, 1.54) is 0 Å². The van der Waals surface area contributed by atoms with Gasteiger partial charge < -0.3 is 15.3 Å². The summed E-state index contributed by atoms with van der Waals surface area (Å²) in [6.45, 7) is 8.58. The molecule has 19 heavy (non-hydrogen) atoms. The Morgan fingerprint density at radius 3 is 1.58 bits per heavy atom. The maximum Gasteiger partial charge on any atom is 0.0442 e. The molecule has 0 aromatic carbocycles. The molecule has 0 saturated heterocycles. The molecule has 0 heterocycles. The van der Waals surface area contributed by atoms with Crippen LogP contribution in [-0.4, -0.2) is 35.1 Å². The summed E-state index contributed by atoms with van der Waals surface area (Å²) in [5, 5.41) is 24.1. The minimum atomic E-state index is 0. The molecule has 112 valence electrons. The molecule has 0 amide bonds. The van der Waals surface area contributed by atoms with Crippen molar-refractivity contribution in [1.82, 2.24) is 0 Å². The molecule has 0 bridgehead atoms. The third-order valence-corrected chi connectivity index (χ3v) is 2.33. The van der Waals surface area contributed by atoms with E-state index in [4.69, 9.17) is 15.3 Å². The van der Waals surface area contributed by atoms with Crippen molar-refractivity contribution in [1.29, 1.82) is 0 Å². The monoisotopic (exact) mass is 306 g/mol. The van der Waals surface area contributed by atoms with E-state index < -0.39 is 0 Å². The number of rotatable bonds is 4. The average Bonchev–Trinajstić information content (AvgIpc) is 2.68. The molecule has 0 aromatic rings. The summed E-state index contributed by atoms with van der Waals surface area (Å²) in [5.74, 6) is 0.684. The largest absolute Gasteiger partial charge is 0.397 e. The van der Waals surface area contributed by atoms with Crippen molar-refractivity contribution < 1.29 is 37.0 Å². The van der Waals surface area contributed by atoms with Crippen LogP contribution in [0.4, 0.5) is 0 Å². The van der Waals surface area contributed by atoms with E-state index in [9.17, 15) is 0 Å². The molecule has 0 aromatic heterocycles. The molecular weight excluding hydrogens is 276 g/mol. The van der Waals surface area contributed by atoms with Crippen LogP contribution in [0, 0.1) is 11.3 Å². The van der Waals surface area contributed by atoms with Crippen LogP contribution in [0.5, 0.6) is 0 Å². The first-order valence-electron chi connectivity index (χ1n) is 6.71. The van der Waals surface area contributed by atoms with Crippen LogP contribution in [0.2, 0.25) is 0 Å². The van der Waals surface area contributed by atoms with Gasteiger partial charge in [0.05, 0.1) is 0 Å². The Hall–Kier alpha value is 0.0743. The second kappa shape index (κ2) is 16.1. The third kappa shape index (κ3) is 14.3. The van der Waals surface area contributed by atoms with Crippen molar-refractivity contribution in [3.05, 3.63) is 24.3 Å². The summed E-state index contributed by atoms with van der Waals surface area (Å²) in [6, 6.07) is 0. The van der Waals surface area contributed by atoms with Crippen molar-refractivity contribution in [3.8, 4) is 0 Å². The normalized spacial score (nSPS) is 14.1.